The number of hydrogen-bond acceptors (Lipinski definition) is 2. The van der Waals surface area contributed by atoms with Crippen LogP contribution in [0.2, 0.25) is 0 Å². The minimum absolute atomic E-state index is 0.421. The first kappa shape index (κ1) is 13.8. The average molecular weight is 331 g/mol. The van der Waals surface area contributed by atoms with Crippen molar-refractivity contribution in [2.45, 2.75) is 12.6 Å². The Morgan fingerprint density at radius 2 is 1.95 bits per heavy atom. The molecule has 0 aliphatic carbocycles. The van der Waals surface area contributed by atoms with Gasteiger partial charge in [-0.2, -0.15) is 0 Å². The second-order valence-corrected chi connectivity index (χ2v) is 6.20. The third kappa shape index (κ3) is 3.48. The molecule has 0 spiro atoms. The summed E-state index contributed by atoms with van der Waals surface area (Å²) in [6, 6.07) is 19.7. The molecule has 20 heavy (non-hydrogen) atoms. The molecule has 1 N–H and O–H groups in total. The molecule has 1 aliphatic rings. The van der Waals surface area contributed by atoms with Gasteiger partial charge in [0.2, 0.25) is 0 Å². The van der Waals surface area contributed by atoms with Gasteiger partial charge in [-0.05, 0) is 23.3 Å². The maximum atomic E-state index is 3.62. The summed E-state index contributed by atoms with van der Waals surface area (Å²) in [7, 11) is 0. The van der Waals surface area contributed by atoms with Gasteiger partial charge in [-0.15, -0.1) is 0 Å². The van der Waals surface area contributed by atoms with Crippen molar-refractivity contribution in [3.63, 3.8) is 0 Å². The van der Waals surface area contributed by atoms with Gasteiger partial charge < -0.3 is 5.32 Å². The van der Waals surface area contributed by atoms with Gasteiger partial charge in [-0.25, -0.2) is 0 Å². The average Bonchev–Trinajstić information content (AvgIpc) is 2.49. The van der Waals surface area contributed by atoms with Gasteiger partial charge in [0.1, 0.15) is 0 Å². The first-order valence-corrected chi connectivity index (χ1v) is 7.86. The predicted molar refractivity (Wildman–Crippen MR) is 86.6 cm³/mol. The third-order valence-corrected chi connectivity index (χ3v) is 4.25. The summed E-state index contributed by atoms with van der Waals surface area (Å²) in [6.45, 7) is 4.25. The molecule has 0 unspecified atom stereocenters. The van der Waals surface area contributed by atoms with E-state index in [0.29, 0.717) is 6.04 Å². The highest BCUT2D eigenvalue weighted by atomic mass is 79.9. The van der Waals surface area contributed by atoms with Gasteiger partial charge in [-0.3, -0.25) is 4.90 Å². The molecule has 0 amide bonds. The molecule has 2 aromatic rings. The molecule has 0 radical (unpaired) electrons. The normalized spacial score (nSPS) is 19.9. The van der Waals surface area contributed by atoms with Crippen molar-refractivity contribution in [1.82, 2.24) is 10.2 Å². The van der Waals surface area contributed by atoms with Crippen LogP contribution < -0.4 is 5.32 Å². The van der Waals surface area contributed by atoms with Crippen LogP contribution >= 0.6 is 15.9 Å². The van der Waals surface area contributed by atoms with E-state index >= 15 is 0 Å². The van der Waals surface area contributed by atoms with Crippen LogP contribution in [-0.4, -0.2) is 24.5 Å². The Morgan fingerprint density at radius 3 is 2.75 bits per heavy atom. The number of nitrogens with zero attached hydrogens (tertiary/aromatic N) is 1. The van der Waals surface area contributed by atoms with E-state index < -0.39 is 0 Å². The first-order valence-electron chi connectivity index (χ1n) is 7.06. The van der Waals surface area contributed by atoms with E-state index in [1.54, 1.807) is 0 Å². The van der Waals surface area contributed by atoms with Gasteiger partial charge in [0.05, 0.1) is 0 Å². The molecular formula is C17H19BrN2. The largest absolute Gasteiger partial charge is 0.308 e. The Labute approximate surface area is 128 Å². The van der Waals surface area contributed by atoms with Gasteiger partial charge in [0.15, 0.2) is 0 Å². The van der Waals surface area contributed by atoms with Crippen molar-refractivity contribution in [1.29, 1.82) is 0 Å². The molecule has 1 heterocycles. The fourth-order valence-electron chi connectivity index (χ4n) is 2.74. The minimum Gasteiger partial charge on any atom is -0.308 e. The molecule has 2 aromatic carbocycles. The fourth-order valence-corrected chi connectivity index (χ4v) is 3.16. The van der Waals surface area contributed by atoms with Gasteiger partial charge in [0, 0.05) is 36.7 Å². The van der Waals surface area contributed by atoms with Crippen LogP contribution in [0.3, 0.4) is 0 Å². The number of nitrogens with one attached hydrogen (secondary N) is 1. The van der Waals surface area contributed by atoms with Crippen molar-refractivity contribution >= 4 is 15.9 Å². The van der Waals surface area contributed by atoms with E-state index in [0.717, 1.165) is 30.7 Å². The highest BCUT2D eigenvalue weighted by Gasteiger charge is 2.20. The zero-order valence-electron chi connectivity index (χ0n) is 11.4. The van der Waals surface area contributed by atoms with Crippen LogP contribution in [0, 0.1) is 0 Å². The van der Waals surface area contributed by atoms with Crippen molar-refractivity contribution in [2.24, 2.45) is 0 Å². The van der Waals surface area contributed by atoms with E-state index in [1.807, 2.05) is 0 Å². The van der Waals surface area contributed by atoms with E-state index in [-0.39, 0.29) is 0 Å². The summed E-state index contributed by atoms with van der Waals surface area (Å²) in [5.41, 5.74) is 2.75. The predicted octanol–water partition coefficient (Wildman–Crippen LogP) is 3.60. The lowest BCUT2D eigenvalue weighted by Crippen LogP contribution is -2.45. The fraction of sp³-hybridized carbons (Fsp3) is 0.294. The molecule has 1 aliphatic heterocycles. The molecule has 3 heteroatoms. The van der Waals surface area contributed by atoms with Gasteiger partial charge >= 0.3 is 0 Å². The van der Waals surface area contributed by atoms with E-state index in [9.17, 15) is 0 Å². The molecular weight excluding hydrogens is 312 g/mol. The molecule has 1 saturated heterocycles. The second kappa shape index (κ2) is 6.53. The van der Waals surface area contributed by atoms with Crippen LogP contribution in [0.4, 0.5) is 0 Å². The topological polar surface area (TPSA) is 15.3 Å². The van der Waals surface area contributed by atoms with Crippen LogP contribution in [0.1, 0.15) is 17.2 Å². The Hall–Kier alpha value is -1.16. The molecule has 104 valence electrons. The van der Waals surface area contributed by atoms with Crippen LogP contribution in [0.15, 0.2) is 59.1 Å². The molecule has 0 saturated carbocycles. The zero-order valence-corrected chi connectivity index (χ0v) is 13.0. The summed E-state index contributed by atoms with van der Waals surface area (Å²) in [5.74, 6) is 0. The monoisotopic (exact) mass is 330 g/mol. The Morgan fingerprint density at radius 1 is 1.10 bits per heavy atom. The van der Waals surface area contributed by atoms with E-state index in [2.05, 4.69) is 80.7 Å². The maximum absolute atomic E-state index is 3.62. The Bertz CT molecular complexity index is 556. The number of benzene rings is 2. The molecule has 2 nitrogen and oxygen atoms in total. The summed E-state index contributed by atoms with van der Waals surface area (Å²) in [5, 5.41) is 3.62. The van der Waals surface area contributed by atoms with Crippen LogP contribution in [-0.2, 0) is 6.54 Å². The Kier molecular flexibility index (Phi) is 4.51. The SMILES string of the molecule is Brc1cccc([C@H]2CN(Cc3ccccc3)CCN2)c1. The lowest BCUT2D eigenvalue weighted by Gasteiger charge is -2.34. The summed E-state index contributed by atoms with van der Waals surface area (Å²) >= 11 is 3.56. The highest BCUT2D eigenvalue weighted by Crippen LogP contribution is 2.21. The molecule has 3 rings (SSSR count). The molecule has 0 bridgehead atoms. The number of piperazine rings is 1. The van der Waals surface area contributed by atoms with E-state index in [4.69, 9.17) is 0 Å². The van der Waals surface area contributed by atoms with Crippen LogP contribution in [0.5, 0.6) is 0 Å². The lowest BCUT2D eigenvalue weighted by molar-refractivity contribution is 0.193. The van der Waals surface area contributed by atoms with Crippen LogP contribution in [0.25, 0.3) is 0 Å². The lowest BCUT2D eigenvalue weighted by atomic mass is 10.0. The van der Waals surface area contributed by atoms with E-state index in [1.165, 1.54) is 11.1 Å². The summed E-state index contributed by atoms with van der Waals surface area (Å²) < 4.78 is 1.15. The number of rotatable bonds is 3. The minimum atomic E-state index is 0.421. The quantitative estimate of drug-likeness (QED) is 0.925. The smallest absolute Gasteiger partial charge is 0.0450 e. The number of halogens is 1. The zero-order chi connectivity index (χ0) is 13.8. The van der Waals surface area contributed by atoms with Crippen molar-refractivity contribution in [3.8, 4) is 0 Å². The standard InChI is InChI=1S/C17H19BrN2/c18-16-8-4-7-15(11-16)17-13-20(10-9-19-17)12-14-5-2-1-3-6-14/h1-8,11,17,19H,9-10,12-13H2/t17-/m1/s1. The Balaban J connectivity index is 1.67. The second-order valence-electron chi connectivity index (χ2n) is 5.28. The maximum Gasteiger partial charge on any atom is 0.0450 e. The number of hydrogen-bond donors (Lipinski definition) is 1. The molecule has 1 fully saturated rings. The van der Waals surface area contributed by atoms with Gasteiger partial charge in [0.25, 0.3) is 0 Å². The third-order valence-electron chi connectivity index (χ3n) is 3.76. The molecule has 1 atom stereocenters. The highest BCUT2D eigenvalue weighted by molar-refractivity contribution is 9.10. The van der Waals surface area contributed by atoms with Gasteiger partial charge in [-0.1, -0.05) is 58.4 Å². The van der Waals surface area contributed by atoms with Crippen molar-refractivity contribution < 1.29 is 0 Å². The molecule has 0 aromatic heterocycles. The first-order chi connectivity index (χ1) is 9.81. The van der Waals surface area contributed by atoms with Crippen molar-refractivity contribution in [3.05, 3.63) is 70.2 Å². The van der Waals surface area contributed by atoms with Crippen molar-refractivity contribution in [2.75, 3.05) is 19.6 Å². The summed E-state index contributed by atoms with van der Waals surface area (Å²) in [4.78, 5) is 2.53. The summed E-state index contributed by atoms with van der Waals surface area (Å²) in [6.07, 6.45) is 0.